The van der Waals surface area contributed by atoms with Gasteiger partial charge in [0.2, 0.25) is 17.7 Å². The fourth-order valence-electron chi connectivity index (χ4n) is 2.17. The largest absolute Gasteiger partial charge is 0.480 e. The average molecular weight is 422 g/mol. The number of nitrogens with one attached hydrogen (secondary N) is 3. The van der Waals surface area contributed by atoms with Gasteiger partial charge in [0, 0.05) is 5.75 Å². The Kier molecular flexibility index (Phi) is 12.4. The van der Waals surface area contributed by atoms with E-state index in [1.54, 1.807) is 0 Å². The van der Waals surface area contributed by atoms with Crippen molar-refractivity contribution in [2.24, 2.45) is 11.5 Å². The predicted octanol–water partition coefficient (Wildman–Crippen LogP) is -2.69. The minimum absolute atomic E-state index is 0.134. The first kappa shape index (κ1) is 26.1. The zero-order valence-electron chi connectivity index (χ0n) is 16.1. The Morgan fingerprint density at radius 2 is 1.54 bits per heavy atom. The van der Waals surface area contributed by atoms with Crippen LogP contribution in [0, 0.1) is 0 Å². The monoisotopic (exact) mass is 421 g/mol. The maximum Gasteiger partial charge on any atom is 0.327 e. The lowest BCUT2D eigenvalue weighted by Gasteiger charge is -2.26. The van der Waals surface area contributed by atoms with Gasteiger partial charge in [0.15, 0.2) is 0 Å². The summed E-state index contributed by atoms with van der Waals surface area (Å²) in [5, 5.41) is 25.9. The summed E-state index contributed by atoms with van der Waals surface area (Å²) < 4.78 is 0. The molecular formula is C16H31N5O6S. The molecule has 0 aliphatic heterocycles. The highest BCUT2D eigenvalue weighted by Gasteiger charge is 2.31. The number of aliphatic hydroxyl groups excluding tert-OH is 1. The number of unbranched alkanes of at least 4 members (excludes halogenated alkanes) is 1. The van der Waals surface area contributed by atoms with Gasteiger partial charge in [-0.05, 0) is 39.7 Å². The summed E-state index contributed by atoms with van der Waals surface area (Å²) in [6.45, 7) is 3.10. The summed E-state index contributed by atoms with van der Waals surface area (Å²) >= 11 is 3.88. The third kappa shape index (κ3) is 9.35. The van der Waals surface area contributed by atoms with E-state index in [0.29, 0.717) is 19.4 Å². The second-order valence-electron chi connectivity index (χ2n) is 6.44. The van der Waals surface area contributed by atoms with Gasteiger partial charge in [-0.15, -0.1) is 0 Å². The van der Waals surface area contributed by atoms with E-state index in [-0.39, 0.29) is 12.2 Å². The van der Waals surface area contributed by atoms with Gasteiger partial charge in [-0.1, -0.05) is 0 Å². The van der Waals surface area contributed by atoms with Gasteiger partial charge in [-0.3, -0.25) is 14.4 Å². The normalized spacial score (nSPS) is 16.2. The number of carbonyl (C=O) groups is 4. The summed E-state index contributed by atoms with van der Waals surface area (Å²) in [6.07, 6.45) is 0.0377. The molecule has 0 aromatic rings. The highest BCUT2D eigenvalue weighted by molar-refractivity contribution is 7.80. The van der Waals surface area contributed by atoms with Crippen LogP contribution in [0.25, 0.3) is 0 Å². The van der Waals surface area contributed by atoms with Crippen LogP contribution in [0.15, 0.2) is 0 Å². The molecule has 0 saturated carbocycles. The van der Waals surface area contributed by atoms with Gasteiger partial charge in [-0.25, -0.2) is 4.79 Å². The van der Waals surface area contributed by atoms with Crippen LogP contribution in [0.5, 0.6) is 0 Å². The highest BCUT2D eigenvalue weighted by atomic mass is 32.1. The predicted molar refractivity (Wildman–Crippen MR) is 106 cm³/mol. The van der Waals surface area contributed by atoms with Crippen molar-refractivity contribution in [3.8, 4) is 0 Å². The fraction of sp³-hybridized carbons (Fsp3) is 0.750. The summed E-state index contributed by atoms with van der Waals surface area (Å²) in [5.41, 5.74) is 10.9. The summed E-state index contributed by atoms with van der Waals surface area (Å²) in [4.78, 5) is 47.8. The molecule has 0 fully saturated rings. The molecule has 0 aliphatic rings. The SMILES string of the molecule is CC(N)C(=O)NC(C(=O)NC(CCCCN)C(=O)NC(CS)C(=O)O)C(C)O. The zero-order valence-corrected chi connectivity index (χ0v) is 16.9. The van der Waals surface area contributed by atoms with Crippen LogP contribution in [-0.2, 0) is 19.2 Å². The maximum atomic E-state index is 12.5. The molecule has 0 aromatic heterocycles. The van der Waals surface area contributed by atoms with E-state index >= 15 is 0 Å². The molecule has 3 amide bonds. The van der Waals surface area contributed by atoms with Crippen molar-refractivity contribution in [3.05, 3.63) is 0 Å². The van der Waals surface area contributed by atoms with Crippen LogP contribution in [0.1, 0.15) is 33.1 Å². The number of rotatable bonds is 13. The van der Waals surface area contributed by atoms with Crippen molar-refractivity contribution in [1.29, 1.82) is 0 Å². The second kappa shape index (κ2) is 13.3. The third-order valence-corrected chi connectivity index (χ3v) is 4.22. The fourth-order valence-corrected chi connectivity index (χ4v) is 2.42. The minimum Gasteiger partial charge on any atom is -0.480 e. The van der Waals surface area contributed by atoms with E-state index in [0.717, 1.165) is 0 Å². The molecule has 0 rings (SSSR count). The Hall–Kier alpha value is -1.89. The van der Waals surface area contributed by atoms with Crippen molar-refractivity contribution < 1.29 is 29.4 Å². The number of carbonyl (C=O) groups excluding carboxylic acids is 3. The highest BCUT2D eigenvalue weighted by Crippen LogP contribution is 2.04. The smallest absolute Gasteiger partial charge is 0.327 e. The van der Waals surface area contributed by atoms with Crippen molar-refractivity contribution in [1.82, 2.24) is 16.0 Å². The number of amides is 3. The summed E-state index contributed by atoms with van der Waals surface area (Å²) in [5.74, 6) is -3.55. The number of carboxylic acids is 1. The van der Waals surface area contributed by atoms with Gasteiger partial charge in [0.05, 0.1) is 12.1 Å². The molecule has 5 atom stereocenters. The van der Waals surface area contributed by atoms with Crippen LogP contribution in [-0.4, -0.2) is 76.5 Å². The molecule has 0 bridgehead atoms. The quantitative estimate of drug-likeness (QED) is 0.116. The van der Waals surface area contributed by atoms with E-state index in [2.05, 4.69) is 28.6 Å². The molecule has 9 N–H and O–H groups in total. The molecule has 0 spiro atoms. The van der Waals surface area contributed by atoms with Gasteiger partial charge in [-0.2, -0.15) is 12.6 Å². The molecule has 0 aromatic carbocycles. The third-order valence-electron chi connectivity index (χ3n) is 3.85. The van der Waals surface area contributed by atoms with E-state index in [9.17, 15) is 24.3 Å². The molecule has 162 valence electrons. The second-order valence-corrected chi connectivity index (χ2v) is 6.81. The molecule has 0 saturated heterocycles. The lowest BCUT2D eigenvalue weighted by molar-refractivity contribution is -0.141. The number of thiol groups is 1. The Morgan fingerprint density at radius 3 is 1.96 bits per heavy atom. The lowest BCUT2D eigenvalue weighted by Crippen LogP contribution is -2.59. The molecule has 0 heterocycles. The average Bonchev–Trinajstić information content (AvgIpc) is 2.61. The van der Waals surface area contributed by atoms with Crippen molar-refractivity contribution >= 4 is 36.3 Å². The Labute approximate surface area is 169 Å². The molecule has 0 radical (unpaired) electrons. The van der Waals surface area contributed by atoms with E-state index < -0.39 is 54.0 Å². The minimum atomic E-state index is -1.33. The zero-order chi connectivity index (χ0) is 21.9. The van der Waals surface area contributed by atoms with Gasteiger partial charge < -0.3 is 37.6 Å². The Balaban J connectivity index is 5.26. The maximum absolute atomic E-state index is 12.5. The first-order chi connectivity index (χ1) is 13.0. The van der Waals surface area contributed by atoms with Crippen molar-refractivity contribution in [3.63, 3.8) is 0 Å². The molecule has 28 heavy (non-hydrogen) atoms. The van der Waals surface area contributed by atoms with Crippen LogP contribution in [0.3, 0.4) is 0 Å². The van der Waals surface area contributed by atoms with Gasteiger partial charge in [0.1, 0.15) is 18.1 Å². The number of carboxylic acid groups (broad SMARTS) is 1. The topological polar surface area (TPSA) is 197 Å². The molecule has 11 nitrogen and oxygen atoms in total. The van der Waals surface area contributed by atoms with Gasteiger partial charge in [0.25, 0.3) is 0 Å². The van der Waals surface area contributed by atoms with E-state index in [1.165, 1.54) is 13.8 Å². The van der Waals surface area contributed by atoms with Crippen LogP contribution >= 0.6 is 12.6 Å². The molecule has 0 aliphatic carbocycles. The number of nitrogens with two attached hydrogens (primary N) is 2. The number of aliphatic hydroxyl groups is 1. The van der Waals surface area contributed by atoms with Crippen LogP contribution in [0.2, 0.25) is 0 Å². The lowest BCUT2D eigenvalue weighted by atomic mass is 10.1. The van der Waals surface area contributed by atoms with Gasteiger partial charge >= 0.3 is 5.97 Å². The molecular weight excluding hydrogens is 390 g/mol. The first-order valence-electron chi connectivity index (χ1n) is 8.93. The molecule has 12 heteroatoms. The van der Waals surface area contributed by atoms with E-state index in [4.69, 9.17) is 16.6 Å². The van der Waals surface area contributed by atoms with Crippen molar-refractivity contribution in [2.45, 2.75) is 63.4 Å². The first-order valence-corrected chi connectivity index (χ1v) is 9.56. The van der Waals surface area contributed by atoms with Crippen LogP contribution in [0.4, 0.5) is 0 Å². The van der Waals surface area contributed by atoms with E-state index in [1.807, 2.05) is 0 Å². The number of aliphatic carboxylic acids is 1. The summed E-state index contributed by atoms with van der Waals surface area (Å²) in [6, 6.07) is -4.53. The Morgan fingerprint density at radius 1 is 0.964 bits per heavy atom. The van der Waals surface area contributed by atoms with Crippen molar-refractivity contribution in [2.75, 3.05) is 12.3 Å². The molecule has 5 unspecified atom stereocenters. The standard InChI is InChI=1S/C16H31N5O6S/c1-8(18)13(23)21-12(9(2)22)15(25)19-10(5-3-4-6-17)14(24)20-11(7-28)16(26)27/h8-12,22,28H,3-7,17-18H2,1-2H3,(H,19,25)(H,20,24)(H,21,23)(H,26,27). The number of hydrogen-bond acceptors (Lipinski definition) is 8. The van der Waals surface area contributed by atoms with Crippen LogP contribution < -0.4 is 27.4 Å². The Bertz CT molecular complexity index is 546. The number of hydrogen-bond donors (Lipinski definition) is 8. The summed E-state index contributed by atoms with van der Waals surface area (Å²) in [7, 11) is 0.